The number of para-hydroxylation sites is 1. The molecule has 2 aromatic rings. The first-order chi connectivity index (χ1) is 9.65. The van der Waals surface area contributed by atoms with Crippen molar-refractivity contribution < 1.29 is 4.74 Å². The Bertz CT molecular complexity index is 609. The first kappa shape index (κ1) is 14.0. The molecule has 0 fully saturated rings. The van der Waals surface area contributed by atoms with E-state index >= 15 is 0 Å². The van der Waals surface area contributed by atoms with Crippen LogP contribution in [0.2, 0.25) is 0 Å². The van der Waals surface area contributed by atoms with E-state index in [1.54, 1.807) is 0 Å². The van der Waals surface area contributed by atoms with Crippen LogP contribution in [0.25, 0.3) is 0 Å². The molecule has 0 atom stereocenters. The zero-order chi connectivity index (χ0) is 14.4. The highest BCUT2D eigenvalue weighted by atomic mass is 32.1. The van der Waals surface area contributed by atoms with Gasteiger partial charge in [0.1, 0.15) is 11.5 Å². The minimum Gasteiger partial charge on any atom is -0.457 e. The first-order valence-corrected chi connectivity index (χ1v) is 6.49. The van der Waals surface area contributed by atoms with E-state index in [9.17, 15) is 0 Å². The molecule has 0 unspecified atom stereocenters. The van der Waals surface area contributed by atoms with Crippen molar-refractivity contribution in [3.63, 3.8) is 0 Å². The number of ether oxygens (including phenoxy) is 1. The van der Waals surface area contributed by atoms with E-state index < -0.39 is 0 Å². The molecule has 102 valence electrons. The van der Waals surface area contributed by atoms with Crippen molar-refractivity contribution in [1.82, 2.24) is 5.43 Å². The molecule has 3 N–H and O–H groups in total. The van der Waals surface area contributed by atoms with Crippen LogP contribution in [0.4, 0.5) is 0 Å². The third kappa shape index (κ3) is 4.07. The summed E-state index contributed by atoms with van der Waals surface area (Å²) in [7, 11) is 0. The Morgan fingerprint density at radius 3 is 2.25 bits per heavy atom. The van der Waals surface area contributed by atoms with Gasteiger partial charge in [0.15, 0.2) is 5.11 Å². The van der Waals surface area contributed by atoms with Gasteiger partial charge in [0, 0.05) is 0 Å². The molecule has 0 saturated carbocycles. The van der Waals surface area contributed by atoms with E-state index in [0.717, 1.165) is 22.8 Å². The predicted molar refractivity (Wildman–Crippen MR) is 85.1 cm³/mol. The van der Waals surface area contributed by atoms with E-state index in [1.807, 2.05) is 61.5 Å². The number of hydrogen-bond donors (Lipinski definition) is 2. The third-order valence-electron chi connectivity index (χ3n) is 2.58. The molecule has 2 rings (SSSR count). The standard InChI is InChI=1S/C15H15N3OS/c1-11(17-18-15(16)20)12-7-9-14(10-8-12)19-13-5-3-2-4-6-13/h2-10H,1H3,(H3,16,18,20)/b17-11+. The molecule has 0 bridgehead atoms. The fourth-order valence-electron chi connectivity index (χ4n) is 1.59. The molecule has 0 radical (unpaired) electrons. The summed E-state index contributed by atoms with van der Waals surface area (Å²) in [6.07, 6.45) is 0. The lowest BCUT2D eigenvalue weighted by Crippen LogP contribution is -2.25. The largest absolute Gasteiger partial charge is 0.457 e. The summed E-state index contributed by atoms with van der Waals surface area (Å²) in [6.45, 7) is 1.87. The van der Waals surface area contributed by atoms with Crippen molar-refractivity contribution >= 4 is 23.0 Å². The summed E-state index contributed by atoms with van der Waals surface area (Å²) in [5.41, 5.74) is 9.65. The van der Waals surface area contributed by atoms with Gasteiger partial charge in [0.25, 0.3) is 0 Å². The summed E-state index contributed by atoms with van der Waals surface area (Å²) in [5, 5.41) is 4.21. The molecule has 4 nitrogen and oxygen atoms in total. The summed E-state index contributed by atoms with van der Waals surface area (Å²) in [5.74, 6) is 1.58. The molecule has 0 aliphatic carbocycles. The summed E-state index contributed by atoms with van der Waals surface area (Å²) >= 11 is 4.70. The zero-order valence-electron chi connectivity index (χ0n) is 11.0. The molecule has 5 heteroatoms. The minimum absolute atomic E-state index is 0.147. The number of nitrogens with zero attached hydrogens (tertiary/aromatic N) is 1. The van der Waals surface area contributed by atoms with Gasteiger partial charge < -0.3 is 10.5 Å². The molecule has 0 heterocycles. The van der Waals surface area contributed by atoms with Gasteiger partial charge in [-0.25, -0.2) is 0 Å². The average molecular weight is 285 g/mol. The maximum atomic E-state index is 5.72. The second-order valence-electron chi connectivity index (χ2n) is 4.11. The van der Waals surface area contributed by atoms with Crippen LogP contribution in [0.1, 0.15) is 12.5 Å². The number of nitrogens with one attached hydrogen (secondary N) is 1. The van der Waals surface area contributed by atoms with E-state index in [1.165, 1.54) is 0 Å². The average Bonchev–Trinajstić information content (AvgIpc) is 2.46. The Morgan fingerprint density at radius 1 is 1.05 bits per heavy atom. The van der Waals surface area contributed by atoms with Gasteiger partial charge in [0.05, 0.1) is 5.71 Å². The minimum atomic E-state index is 0.147. The smallest absolute Gasteiger partial charge is 0.184 e. The molecule has 0 aliphatic heterocycles. The quantitative estimate of drug-likeness (QED) is 0.515. The Labute approximate surface area is 123 Å². The van der Waals surface area contributed by atoms with Gasteiger partial charge in [-0.15, -0.1) is 0 Å². The molecular weight excluding hydrogens is 270 g/mol. The maximum Gasteiger partial charge on any atom is 0.184 e. The number of hydrazone groups is 1. The monoisotopic (exact) mass is 285 g/mol. The molecule has 20 heavy (non-hydrogen) atoms. The highest BCUT2D eigenvalue weighted by Crippen LogP contribution is 2.21. The number of rotatable bonds is 4. The van der Waals surface area contributed by atoms with Gasteiger partial charge in [0.2, 0.25) is 0 Å². The molecule has 0 spiro atoms. The summed E-state index contributed by atoms with van der Waals surface area (Å²) in [6, 6.07) is 17.3. The second-order valence-corrected chi connectivity index (χ2v) is 4.55. The van der Waals surface area contributed by atoms with E-state index in [4.69, 9.17) is 22.7 Å². The van der Waals surface area contributed by atoms with Crippen LogP contribution in [0, 0.1) is 0 Å². The van der Waals surface area contributed by atoms with Crippen molar-refractivity contribution in [2.24, 2.45) is 10.8 Å². The Hall–Kier alpha value is -2.40. The molecular formula is C15H15N3OS. The van der Waals surface area contributed by atoms with Crippen LogP contribution in [0.5, 0.6) is 11.5 Å². The lowest BCUT2D eigenvalue weighted by atomic mass is 10.1. The lowest BCUT2D eigenvalue weighted by molar-refractivity contribution is 0.482. The van der Waals surface area contributed by atoms with Crippen molar-refractivity contribution in [3.8, 4) is 11.5 Å². The van der Waals surface area contributed by atoms with Gasteiger partial charge in [-0.1, -0.05) is 18.2 Å². The van der Waals surface area contributed by atoms with Gasteiger partial charge >= 0.3 is 0 Å². The van der Waals surface area contributed by atoms with E-state index in [-0.39, 0.29) is 5.11 Å². The summed E-state index contributed by atoms with van der Waals surface area (Å²) in [4.78, 5) is 0. The molecule has 2 aromatic carbocycles. The van der Waals surface area contributed by atoms with Crippen LogP contribution in [-0.4, -0.2) is 10.8 Å². The Morgan fingerprint density at radius 2 is 1.65 bits per heavy atom. The van der Waals surface area contributed by atoms with Crippen LogP contribution in [-0.2, 0) is 0 Å². The van der Waals surface area contributed by atoms with Crippen molar-refractivity contribution in [1.29, 1.82) is 0 Å². The van der Waals surface area contributed by atoms with Crippen LogP contribution in [0.15, 0.2) is 59.7 Å². The predicted octanol–water partition coefficient (Wildman–Crippen LogP) is 3.04. The van der Waals surface area contributed by atoms with Crippen molar-refractivity contribution in [3.05, 3.63) is 60.2 Å². The van der Waals surface area contributed by atoms with E-state index in [0.29, 0.717) is 0 Å². The molecule has 0 aliphatic rings. The fraction of sp³-hybridized carbons (Fsp3) is 0.0667. The normalized spacial score (nSPS) is 10.9. The first-order valence-electron chi connectivity index (χ1n) is 6.08. The number of hydrogen-bond acceptors (Lipinski definition) is 3. The topological polar surface area (TPSA) is 59.6 Å². The third-order valence-corrected chi connectivity index (χ3v) is 2.68. The van der Waals surface area contributed by atoms with Gasteiger partial charge in [-0.05, 0) is 61.1 Å². The SMILES string of the molecule is C/C(=N\NC(N)=S)c1ccc(Oc2ccccc2)cc1. The molecule has 0 amide bonds. The maximum absolute atomic E-state index is 5.72. The zero-order valence-corrected chi connectivity index (χ0v) is 11.9. The van der Waals surface area contributed by atoms with Gasteiger partial charge in [-0.2, -0.15) is 5.10 Å². The lowest BCUT2D eigenvalue weighted by Gasteiger charge is -2.06. The highest BCUT2D eigenvalue weighted by Gasteiger charge is 2.00. The Balaban J connectivity index is 2.06. The second kappa shape index (κ2) is 6.68. The summed E-state index contributed by atoms with van der Waals surface area (Å²) < 4.78 is 5.72. The Kier molecular flexibility index (Phi) is 4.68. The number of nitrogens with two attached hydrogens (primary N) is 1. The number of thiocarbonyl (C=S) groups is 1. The molecule has 0 aromatic heterocycles. The van der Waals surface area contributed by atoms with Crippen molar-refractivity contribution in [2.45, 2.75) is 6.92 Å². The molecule has 0 saturated heterocycles. The van der Waals surface area contributed by atoms with Crippen LogP contribution < -0.4 is 15.9 Å². The van der Waals surface area contributed by atoms with Crippen LogP contribution >= 0.6 is 12.2 Å². The van der Waals surface area contributed by atoms with Crippen molar-refractivity contribution in [2.75, 3.05) is 0 Å². The number of benzene rings is 2. The van der Waals surface area contributed by atoms with Gasteiger partial charge in [-0.3, -0.25) is 5.43 Å². The van der Waals surface area contributed by atoms with Crippen LogP contribution in [0.3, 0.4) is 0 Å². The van der Waals surface area contributed by atoms with E-state index in [2.05, 4.69) is 10.5 Å². The fourth-order valence-corrected chi connectivity index (χ4v) is 1.64. The highest BCUT2D eigenvalue weighted by molar-refractivity contribution is 7.80.